The van der Waals surface area contributed by atoms with Gasteiger partial charge in [0.05, 0.1) is 27.6 Å². The number of H-pyrrole nitrogens is 1. The van der Waals surface area contributed by atoms with Crippen molar-refractivity contribution in [3.63, 3.8) is 0 Å². The van der Waals surface area contributed by atoms with E-state index in [1.54, 1.807) is 30.3 Å². The highest BCUT2D eigenvalue weighted by molar-refractivity contribution is 6.31. The molecule has 33 heavy (non-hydrogen) atoms. The smallest absolute Gasteiger partial charge is 0.258 e. The number of aryl methyl sites for hydroxylation is 1. The van der Waals surface area contributed by atoms with E-state index in [1.165, 1.54) is 19.3 Å². The predicted molar refractivity (Wildman–Crippen MR) is 128 cm³/mol. The second-order valence-electron chi connectivity index (χ2n) is 7.98. The molecule has 1 aliphatic rings. The highest BCUT2D eigenvalue weighted by atomic mass is 35.5. The fourth-order valence-electron chi connectivity index (χ4n) is 3.72. The Morgan fingerprint density at radius 3 is 2.67 bits per heavy atom. The summed E-state index contributed by atoms with van der Waals surface area (Å²) >= 11 is 5.94. The number of primary amides is 1. The molecule has 0 atom stereocenters. The van der Waals surface area contributed by atoms with E-state index < -0.39 is 0 Å². The minimum absolute atomic E-state index is 0.148. The van der Waals surface area contributed by atoms with E-state index in [2.05, 4.69) is 9.97 Å². The van der Waals surface area contributed by atoms with Crippen LogP contribution in [0, 0.1) is 11.3 Å². The zero-order valence-corrected chi connectivity index (χ0v) is 19.1. The second kappa shape index (κ2) is 12.0. The Morgan fingerprint density at radius 1 is 1.21 bits per heavy atom. The van der Waals surface area contributed by atoms with Crippen LogP contribution in [0.4, 0.5) is 0 Å². The number of hydrogen-bond donors (Lipinski definition) is 2. The summed E-state index contributed by atoms with van der Waals surface area (Å²) in [5, 5.41) is 9.80. The van der Waals surface area contributed by atoms with Gasteiger partial charge in [0, 0.05) is 18.9 Å². The summed E-state index contributed by atoms with van der Waals surface area (Å²) in [5.74, 6) is 1.03. The molecule has 0 saturated heterocycles. The third-order valence-electron chi connectivity index (χ3n) is 5.41. The molecule has 172 valence electrons. The van der Waals surface area contributed by atoms with E-state index in [9.17, 15) is 9.59 Å². The Morgan fingerprint density at radius 2 is 1.97 bits per heavy atom. The first-order valence-corrected chi connectivity index (χ1v) is 11.5. The molecule has 1 saturated carbocycles. The number of hydrogen-bond acceptors (Lipinski definition) is 5. The van der Waals surface area contributed by atoms with Gasteiger partial charge in [-0.3, -0.25) is 9.59 Å². The summed E-state index contributed by atoms with van der Waals surface area (Å²) < 4.78 is 5.84. The summed E-state index contributed by atoms with van der Waals surface area (Å²) in [6.07, 6.45) is 7.81. The average Bonchev–Trinajstić information content (AvgIpc) is 2.80. The van der Waals surface area contributed by atoms with Crippen molar-refractivity contribution in [2.24, 2.45) is 5.73 Å². The van der Waals surface area contributed by atoms with Crippen LogP contribution in [0.3, 0.4) is 0 Å². The highest BCUT2D eigenvalue weighted by Gasteiger charge is 2.15. The monoisotopic (exact) mass is 466 g/mol. The molecule has 0 spiro atoms. The summed E-state index contributed by atoms with van der Waals surface area (Å²) in [6.45, 7) is 0. The molecule has 8 heteroatoms. The molecule has 1 amide bonds. The number of aromatic nitrogens is 2. The Balaban J connectivity index is 0.000000186. The first kappa shape index (κ1) is 24.3. The fourth-order valence-corrected chi connectivity index (χ4v) is 3.93. The number of amides is 1. The number of para-hydroxylation sites is 1. The summed E-state index contributed by atoms with van der Waals surface area (Å²) in [5.41, 5.74) is 6.07. The van der Waals surface area contributed by atoms with Gasteiger partial charge in [-0.05, 0) is 56.4 Å². The van der Waals surface area contributed by atoms with Crippen LogP contribution in [0.15, 0.2) is 47.3 Å². The van der Waals surface area contributed by atoms with E-state index in [1.807, 2.05) is 18.2 Å². The van der Waals surface area contributed by atoms with Crippen LogP contribution in [0.25, 0.3) is 10.9 Å². The molecular weight excluding hydrogens is 440 g/mol. The predicted octanol–water partition coefficient (Wildman–Crippen LogP) is 4.65. The number of benzene rings is 2. The number of nitrogens with two attached hydrogens (primary N) is 1. The van der Waals surface area contributed by atoms with Crippen LogP contribution in [0.5, 0.6) is 5.75 Å². The number of fused-ring (bicyclic) bond motifs is 1. The van der Waals surface area contributed by atoms with E-state index in [4.69, 9.17) is 27.3 Å². The molecule has 3 aromatic rings. The number of nitriles is 1. The number of nitrogens with zero attached hydrogens (tertiary/aromatic N) is 2. The maximum absolute atomic E-state index is 11.7. The quantitative estimate of drug-likeness (QED) is 0.547. The van der Waals surface area contributed by atoms with Gasteiger partial charge < -0.3 is 15.5 Å². The third-order valence-corrected chi connectivity index (χ3v) is 5.73. The molecule has 7 nitrogen and oxygen atoms in total. The van der Waals surface area contributed by atoms with E-state index in [0.29, 0.717) is 52.7 Å². The lowest BCUT2D eigenvalue weighted by atomic mass is 9.98. The van der Waals surface area contributed by atoms with Crippen LogP contribution < -0.4 is 16.0 Å². The highest BCUT2D eigenvalue weighted by Crippen LogP contribution is 2.26. The summed E-state index contributed by atoms with van der Waals surface area (Å²) in [7, 11) is 0. The number of carbonyl (C=O) groups is 1. The summed E-state index contributed by atoms with van der Waals surface area (Å²) in [4.78, 5) is 29.3. The van der Waals surface area contributed by atoms with Gasteiger partial charge in [-0.25, -0.2) is 4.98 Å². The minimum Gasteiger partial charge on any atom is -0.490 e. The van der Waals surface area contributed by atoms with E-state index in [0.717, 1.165) is 18.6 Å². The molecule has 1 heterocycles. The van der Waals surface area contributed by atoms with Crippen LogP contribution in [-0.4, -0.2) is 22.0 Å². The maximum Gasteiger partial charge on any atom is 0.258 e. The van der Waals surface area contributed by atoms with Gasteiger partial charge in [0.15, 0.2) is 0 Å². The SMILES string of the molecule is N#Cc1ccc(OC2CCCCC2)cc1Cl.NC(=O)CCCc1nc2ccccc2c(=O)[nH]1. The van der Waals surface area contributed by atoms with Gasteiger partial charge >= 0.3 is 0 Å². The lowest BCUT2D eigenvalue weighted by molar-refractivity contribution is -0.118. The molecule has 0 radical (unpaired) electrons. The van der Waals surface area contributed by atoms with Gasteiger partial charge in [0.1, 0.15) is 17.6 Å². The largest absolute Gasteiger partial charge is 0.490 e. The van der Waals surface area contributed by atoms with Gasteiger partial charge in [0.25, 0.3) is 5.56 Å². The van der Waals surface area contributed by atoms with Gasteiger partial charge in [-0.2, -0.15) is 5.26 Å². The van der Waals surface area contributed by atoms with Crippen LogP contribution in [-0.2, 0) is 11.2 Å². The number of ether oxygens (including phenoxy) is 1. The molecule has 0 bridgehead atoms. The van der Waals surface area contributed by atoms with Crippen molar-refractivity contribution in [3.05, 3.63) is 69.2 Å². The van der Waals surface area contributed by atoms with Crippen molar-refractivity contribution >= 4 is 28.4 Å². The zero-order chi connectivity index (χ0) is 23.6. The molecule has 2 aromatic carbocycles. The van der Waals surface area contributed by atoms with Crippen molar-refractivity contribution in [2.45, 2.75) is 57.5 Å². The average molecular weight is 467 g/mol. The number of rotatable bonds is 6. The Hall–Kier alpha value is -3.37. The molecule has 1 aromatic heterocycles. The van der Waals surface area contributed by atoms with Gasteiger partial charge in [-0.15, -0.1) is 0 Å². The van der Waals surface area contributed by atoms with Crippen molar-refractivity contribution in [1.29, 1.82) is 5.26 Å². The first-order chi connectivity index (χ1) is 16.0. The Bertz CT molecular complexity index is 1200. The topological polar surface area (TPSA) is 122 Å². The Kier molecular flexibility index (Phi) is 8.85. The number of aromatic amines is 1. The molecule has 3 N–H and O–H groups in total. The Labute approximate surface area is 197 Å². The normalized spacial score (nSPS) is 13.6. The number of nitrogens with one attached hydrogen (secondary N) is 1. The van der Waals surface area contributed by atoms with Crippen molar-refractivity contribution < 1.29 is 9.53 Å². The van der Waals surface area contributed by atoms with Gasteiger partial charge in [0.2, 0.25) is 5.91 Å². The fraction of sp³-hybridized carbons (Fsp3) is 0.360. The first-order valence-electron chi connectivity index (χ1n) is 11.1. The third kappa shape index (κ3) is 7.33. The molecule has 1 aliphatic carbocycles. The maximum atomic E-state index is 11.7. The van der Waals surface area contributed by atoms with E-state index >= 15 is 0 Å². The van der Waals surface area contributed by atoms with E-state index in [-0.39, 0.29) is 11.5 Å². The van der Waals surface area contributed by atoms with Crippen molar-refractivity contribution in [1.82, 2.24) is 9.97 Å². The molecule has 1 fully saturated rings. The molecule has 4 rings (SSSR count). The zero-order valence-electron chi connectivity index (χ0n) is 18.4. The second-order valence-corrected chi connectivity index (χ2v) is 8.39. The number of halogens is 1. The molecular formula is C25H27ClN4O3. The lowest BCUT2D eigenvalue weighted by Crippen LogP contribution is -2.19. The molecule has 0 aliphatic heterocycles. The molecule has 0 unspecified atom stereocenters. The standard InChI is InChI=1S/C13H14ClNO.C12H13N3O2/c14-13-8-12(7-6-10(13)9-15)16-11-4-2-1-3-5-11;13-10(16)6-3-7-11-14-9-5-2-1-4-8(9)12(17)15-11/h6-8,11H,1-5H2;1-2,4-5H,3,6-7H2,(H2,13,16)(H,14,15,17). The van der Waals surface area contributed by atoms with Crippen LogP contribution >= 0.6 is 11.6 Å². The van der Waals surface area contributed by atoms with Crippen LogP contribution in [0.2, 0.25) is 5.02 Å². The minimum atomic E-state index is -0.340. The van der Waals surface area contributed by atoms with Crippen molar-refractivity contribution in [2.75, 3.05) is 0 Å². The van der Waals surface area contributed by atoms with Crippen LogP contribution in [0.1, 0.15) is 56.3 Å². The lowest BCUT2D eigenvalue weighted by Gasteiger charge is -2.23. The number of carbonyl (C=O) groups excluding carboxylic acids is 1. The summed E-state index contributed by atoms with van der Waals surface area (Å²) in [6, 6.07) is 14.5. The van der Waals surface area contributed by atoms with Crippen molar-refractivity contribution in [3.8, 4) is 11.8 Å². The van der Waals surface area contributed by atoms with Gasteiger partial charge in [-0.1, -0.05) is 30.2 Å².